The molecule has 2 heterocycles. The molecule has 3 aromatic rings. The van der Waals surface area contributed by atoms with Crippen molar-refractivity contribution in [1.82, 2.24) is 25.5 Å². The Morgan fingerprint density at radius 3 is 2.76 bits per heavy atom. The van der Waals surface area contributed by atoms with Crippen LogP contribution in [0.25, 0.3) is 11.0 Å². The van der Waals surface area contributed by atoms with E-state index in [9.17, 15) is 14.0 Å². The van der Waals surface area contributed by atoms with Crippen molar-refractivity contribution in [2.45, 2.75) is 32.2 Å². The van der Waals surface area contributed by atoms with Gasteiger partial charge in [0.15, 0.2) is 11.5 Å². The number of aromatic amines is 1. The van der Waals surface area contributed by atoms with Crippen molar-refractivity contribution in [3.05, 3.63) is 46.6 Å². The highest BCUT2D eigenvalue weighted by Crippen LogP contribution is 2.30. The van der Waals surface area contributed by atoms with Crippen molar-refractivity contribution in [2.24, 2.45) is 11.8 Å². The van der Waals surface area contributed by atoms with Gasteiger partial charge in [0, 0.05) is 13.1 Å². The van der Waals surface area contributed by atoms with Gasteiger partial charge in [-0.15, -0.1) is 0 Å². The molecule has 1 saturated carbocycles. The summed E-state index contributed by atoms with van der Waals surface area (Å²) < 4.78 is 18.2. The molecule has 1 aliphatic carbocycles. The summed E-state index contributed by atoms with van der Waals surface area (Å²) in [4.78, 5) is 32.7. The van der Waals surface area contributed by atoms with E-state index in [1.54, 1.807) is 6.07 Å². The molecule has 0 saturated heterocycles. The molecule has 0 radical (unpaired) electrons. The number of halogens is 2. The first-order valence-corrected chi connectivity index (χ1v) is 11.1. The molecule has 1 aromatic carbocycles. The number of H-pyrrole nitrogens is 1. The van der Waals surface area contributed by atoms with Gasteiger partial charge in [-0.2, -0.15) is 5.10 Å². The van der Waals surface area contributed by atoms with Crippen LogP contribution in [0.15, 0.2) is 24.5 Å². The van der Waals surface area contributed by atoms with E-state index in [2.05, 4.69) is 30.8 Å². The van der Waals surface area contributed by atoms with Gasteiger partial charge in [-0.1, -0.05) is 17.7 Å². The quantitative estimate of drug-likeness (QED) is 0.448. The fraction of sp³-hybridized carbons (Fsp3) is 0.409. The number of hydrogen-bond donors (Lipinski definition) is 3. The smallest absolute Gasteiger partial charge is 0.308 e. The Hall–Kier alpha value is -3.27. The topological polar surface area (TPSA) is 122 Å². The van der Waals surface area contributed by atoms with Crippen LogP contribution in [-0.4, -0.2) is 45.7 Å². The number of aromatic nitrogens is 4. The number of amides is 1. The fourth-order valence-electron chi connectivity index (χ4n) is 4.06. The number of anilines is 1. The van der Waals surface area contributed by atoms with E-state index in [0.717, 1.165) is 25.7 Å². The van der Waals surface area contributed by atoms with Crippen molar-refractivity contribution in [3.8, 4) is 0 Å². The lowest BCUT2D eigenvalue weighted by atomic mass is 9.82. The number of rotatable bonds is 7. The minimum Gasteiger partial charge on any atom is -0.469 e. The first kappa shape index (κ1) is 22.9. The number of nitrogens with zero attached hydrogens (tertiary/aromatic N) is 3. The molecule has 174 valence electrons. The third-order valence-electron chi connectivity index (χ3n) is 5.94. The van der Waals surface area contributed by atoms with Crippen molar-refractivity contribution < 1.29 is 18.7 Å². The van der Waals surface area contributed by atoms with Crippen LogP contribution in [0.1, 0.15) is 41.7 Å². The van der Waals surface area contributed by atoms with Crippen LogP contribution in [0.3, 0.4) is 0 Å². The maximum Gasteiger partial charge on any atom is 0.308 e. The zero-order chi connectivity index (χ0) is 23.4. The van der Waals surface area contributed by atoms with Gasteiger partial charge in [-0.05, 0) is 49.3 Å². The number of ether oxygens (including phenoxy) is 1. The number of hydrogen-bond acceptors (Lipinski definition) is 7. The molecule has 1 aliphatic rings. The molecular formula is C22H24ClFN6O3. The molecule has 0 spiro atoms. The molecule has 0 atom stereocenters. The summed E-state index contributed by atoms with van der Waals surface area (Å²) in [6.45, 7) is 0.850. The summed E-state index contributed by atoms with van der Waals surface area (Å²) in [6, 6.07) is 4.26. The molecule has 11 heteroatoms. The third kappa shape index (κ3) is 5.22. The van der Waals surface area contributed by atoms with E-state index in [-0.39, 0.29) is 29.1 Å². The van der Waals surface area contributed by atoms with Crippen molar-refractivity contribution in [2.75, 3.05) is 19.0 Å². The summed E-state index contributed by atoms with van der Waals surface area (Å²) in [5.41, 5.74) is 1.76. The number of esters is 1. The maximum absolute atomic E-state index is 13.3. The van der Waals surface area contributed by atoms with Crippen LogP contribution in [0, 0.1) is 17.7 Å². The zero-order valence-corrected chi connectivity index (χ0v) is 18.8. The first-order valence-electron chi connectivity index (χ1n) is 10.7. The minimum atomic E-state index is -0.516. The number of carbonyl (C=O) groups excluding carboxylic acids is 2. The van der Waals surface area contributed by atoms with Gasteiger partial charge in [-0.3, -0.25) is 14.7 Å². The van der Waals surface area contributed by atoms with Gasteiger partial charge in [-0.25, -0.2) is 14.4 Å². The van der Waals surface area contributed by atoms with E-state index >= 15 is 0 Å². The summed E-state index contributed by atoms with van der Waals surface area (Å²) in [6.07, 6.45) is 4.78. The second kappa shape index (κ2) is 10.1. The Labute approximate surface area is 194 Å². The van der Waals surface area contributed by atoms with Crippen LogP contribution in [0.4, 0.5) is 10.2 Å². The Morgan fingerprint density at radius 2 is 2.03 bits per heavy atom. The molecule has 4 rings (SSSR count). The first-order chi connectivity index (χ1) is 16.0. The minimum absolute atomic E-state index is 0.00533. The molecule has 33 heavy (non-hydrogen) atoms. The van der Waals surface area contributed by atoms with Crippen molar-refractivity contribution >= 4 is 40.3 Å². The van der Waals surface area contributed by atoms with Crippen LogP contribution in [-0.2, 0) is 16.1 Å². The van der Waals surface area contributed by atoms with E-state index in [0.29, 0.717) is 34.9 Å². The molecule has 2 aromatic heterocycles. The molecular weight excluding hydrogens is 451 g/mol. The van der Waals surface area contributed by atoms with Crippen LogP contribution < -0.4 is 10.6 Å². The molecule has 3 N–H and O–H groups in total. The highest BCUT2D eigenvalue weighted by molar-refractivity contribution is 6.30. The Morgan fingerprint density at radius 1 is 1.24 bits per heavy atom. The summed E-state index contributed by atoms with van der Waals surface area (Å²) in [7, 11) is 1.42. The van der Waals surface area contributed by atoms with Gasteiger partial charge in [0.1, 0.15) is 23.2 Å². The number of benzene rings is 1. The SMILES string of the molecule is COC(=O)C1CCC(CNc2n[nH]c3c(C(=O)NCc4ccc(F)c(Cl)c4)ncnc23)CC1. The Bertz CT molecular complexity index is 1160. The van der Waals surface area contributed by atoms with Crippen molar-refractivity contribution in [1.29, 1.82) is 0 Å². The molecule has 1 amide bonds. The van der Waals surface area contributed by atoms with Gasteiger partial charge in [0.05, 0.1) is 18.1 Å². The lowest BCUT2D eigenvalue weighted by Gasteiger charge is -2.26. The average Bonchev–Trinajstić information content (AvgIpc) is 3.26. The van der Waals surface area contributed by atoms with Crippen LogP contribution in [0.5, 0.6) is 0 Å². The van der Waals surface area contributed by atoms with Gasteiger partial charge in [0.2, 0.25) is 0 Å². The maximum atomic E-state index is 13.3. The van der Waals surface area contributed by atoms with E-state index in [4.69, 9.17) is 16.3 Å². The number of methoxy groups -OCH3 is 1. The number of carbonyl (C=O) groups is 2. The summed E-state index contributed by atoms with van der Waals surface area (Å²) >= 11 is 5.79. The monoisotopic (exact) mass is 474 g/mol. The zero-order valence-electron chi connectivity index (χ0n) is 18.0. The van der Waals surface area contributed by atoms with E-state index < -0.39 is 11.7 Å². The standard InChI is InChI=1S/C22H24ClFN6O3/c1-33-22(32)14-5-2-12(3-6-14)9-25-20-18-17(29-30-20)19(28-11-27-18)21(31)26-10-13-4-7-16(24)15(23)8-13/h4,7-8,11-12,14H,2-3,5-6,9-10H2,1H3,(H,26,31)(H2,25,29,30). The van der Waals surface area contributed by atoms with E-state index in [1.807, 2.05) is 0 Å². The summed E-state index contributed by atoms with van der Waals surface area (Å²) in [5, 5.41) is 13.2. The Balaban J connectivity index is 1.37. The van der Waals surface area contributed by atoms with Gasteiger partial charge >= 0.3 is 5.97 Å². The average molecular weight is 475 g/mol. The number of fused-ring (bicyclic) bond motifs is 1. The Kier molecular flexibility index (Phi) is 7.02. The second-order valence-electron chi connectivity index (χ2n) is 8.07. The normalized spacial score (nSPS) is 18.2. The highest BCUT2D eigenvalue weighted by atomic mass is 35.5. The van der Waals surface area contributed by atoms with Crippen LogP contribution >= 0.6 is 11.6 Å². The molecule has 9 nitrogen and oxygen atoms in total. The molecule has 1 fully saturated rings. The molecule has 0 unspecified atom stereocenters. The predicted molar refractivity (Wildman–Crippen MR) is 120 cm³/mol. The highest BCUT2D eigenvalue weighted by Gasteiger charge is 2.27. The van der Waals surface area contributed by atoms with Crippen molar-refractivity contribution in [3.63, 3.8) is 0 Å². The lowest BCUT2D eigenvalue weighted by molar-refractivity contribution is -0.146. The largest absolute Gasteiger partial charge is 0.469 e. The molecule has 0 aliphatic heterocycles. The van der Waals surface area contributed by atoms with Gasteiger partial charge < -0.3 is 15.4 Å². The summed E-state index contributed by atoms with van der Waals surface area (Å²) in [5.74, 6) is -0.133. The predicted octanol–water partition coefficient (Wildman–Crippen LogP) is 3.47. The molecule has 0 bridgehead atoms. The van der Waals surface area contributed by atoms with Gasteiger partial charge in [0.25, 0.3) is 5.91 Å². The van der Waals surface area contributed by atoms with E-state index in [1.165, 1.54) is 25.6 Å². The van der Waals surface area contributed by atoms with Crippen LogP contribution in [0.2, 0.25) is 5.02 Å². The third-order valence-corrected chi connectivity index (χ3v) is 6.23. The number of nitrogens with one attached hydrogen (secondary N) is 3. The second-order valence-corrected chi connectivity index (χ2v) is 8.48. The lowest BCUT2D eigenvalue weighted by Crippen LogP contribution is -2.26. The fourth-order valence-corrected chi connectivity index (χ4v) is 4.26.